The summed E-state index contributed by atoms with van der Waals surface area (Å²) < 4.78 is 12.9. The highest BCUT2D eigenvalue weighted by Gasteiger charge is 2.31. The number of aromatic nitrogens is 1. The summed E-state index contributed by atoms with van der Waals surface area (Å²) in [6.45, 7) is 3.38. The van der Waals surface area contributed by atoms with E-state index >= 15 is 0 Å². The minimum atomic E-state index is -0.565. The van der Waals surface area contributed by atoms with Crippen LogP contribution < -0.4 is 15.0 Å². The summed E-state index contributed by atoms with van der Waals surface area (Å²) in [5.41, 5.74) is 2.47. The average Bonchev–Trinajstić information content (AvgIpc) is 3.15. The Labute approximate surface area is 175 Å². The van der Waals surface area contributed by atoms with Gasteiger partial charge in [-0.05, 0) is 42.6 Å². The molecule has 1 aromatic heterocycles. The van der Waals surface area contributed by atoms with E-state index in [4.69, 9.17) is 9.47 Å². The van der Waals surface area contributed by atoms with Crippen LogP contribution >= 0.6 is 0 Å². The van der Waals surface area contributed by atoms with E-state index in [1.165, 1.54) is 0 Å². The van der Waals surface area contributed by atoms with Crippen LogP contribution in [0, 0.1) is 0 Å². The van der Waals surface area contributed by atoms with Crippen molar-refractivity contribution in [2.45, 2.75) is 26.0 Å². The van der Waals surface area contributed by atoms with Gasteiger partial charge < -0.3 is 24.3 Å². The van der Waals surface area contributed by atoms with Crippen LogP contribution in [-0.2, 0) is 20.9 Å². The number of carbonyl (C=O) groups excluding carboxylic acids is 2. The molecule has 3 aromatic rings. The molecule has 0 saturated heterocycles. The Morgan fingerprint density at radius 1 is 1.17 bits per heavy atom. The van der Waals surface area contributed by atoms with Gasteiger partial charge in [-0.1, -0.05) is 18.2 Å². The summed E-state index contributed by atoms with van der Waals surface area (Å²) >= 11 is 0. The van der Waals surface area contributed by atoms with Crippen LogP contribution in [0.1, 0.15) is 13.3 Å². The number of nitrogens with zero attached hydrogens (tertiary/aromatic N) is 2. The standard InChI is InChI=1S/C23H25N3O4/c1-16-23(28)26(19-5-3-4-6-21(19)30-16)12-10-22(27)24-18-8-7-17-9-11-25(13-14-29-2)20(17)15-18/h3-9,11,15-16H,10,12-14H2,1-2H3,(H,24,27)/t16-/m0/s1. The Hall–Kier alpha value is -3.32. The second kappa shape index (κ2) is 8.59. The summed E-state index contributed by atoms with van der Waals surface area (Å²) in [6, 6.07) is 15.3. The van der Waals surface area contributed by atoms with Crippen molar-refractivity contribution in [1.82, 2.24) is 4.57 Å². The first-order valence-electron chi connectivity index (χ1n) is 10.0. The highest BCUT2D eigenvalue weighted by molar-refractivity contribution is 6.01. The Kier molecular flexibility index (Phi) is 5.72. The topological polar surface area (TPSA) is 72.8 Å². The molecule has 2 heterocycles. The minimum Gasteiger partial charge on any atom is -0.479 e. The molecule has 4 rings (SSSR count). The third kappa shape index (κ3) is 4.02. The van der Waals surface area contributed by atoms with Crippen LogP contribution in [0.3, 0.4) is 0 Å². The van der Waals surface area contributed by atoms with Crippen molar-refractivity contribution in [3.05, 3.63) is 54.7 Å². The molecule has 0 spiro atoms. The van der Waals surface area contributed by atoms with E-state index in [0.29, 0.717) is 24.6 Å². The van der Waals surface area contributed by atoms with Gasteiger partial charge in [-0.2, -0.15) is 0 Å². The SMILES string of the molecule is COCCn1ccc2ccc(NC(=O)CCN3C(=O)[C@H](C)Oc4ccccc43)cc21. The maximum Gasteiger partial charge on any atom is 0.267 e. The molecule has 0 bridgehead atoms. The van der Waals surface area contributed by atoms with Crippen molar-refractivity contribution in [3.63, 3.8) is 0 Å². The van der Waals surface area contributed by atoms with Gasteiger partial charge >= 0.3 is 0 Å². The Morgan fingerprint density at radius 3 is 2.83 bits per heavy atom. The fourth-order valence-electron chi connectivity index (χ4n) is 3.67. The van der Waals surface area contributed by atoms with Gasteiger partial charge in [-0.15, -0.1) is 0 Å². The lowest BCUT2D eigenvalue weighted by atomic mass is 10.1. The number of fused-ring (bicyclic) bond motifs is 2. The smallest absolute Gasteiger partial charge is 0.267 e. The van der Waals surface area contributed by atoms with Crippen molar-refractivity contribution >= 4 is 34.1 Å². The molecular weight excluding hydrogens is 382 g/mol. The van der Waals surface area contributed by atoms with Gasteiger partial charge in [0.25, 0.3) is 5.91 Å². The highest BCUT2D eigenvalue weighted by Crippen LogP contribution is 2.33. The third-order valence-corrected chi connectivity index (χ3v) is 5.23. The molecule has 0 radical (unpaired) electrons. The van der Waals surface area contributed by atoms with Crippen LogP contribution in [0.25, 0.3) is 10.9 Å². The van der Waals surface area contributed by atoms with Crippen LogP contribution in [0.4, 0.5) is 11.4 Å². The van der Waals surface area contributed by atoms with Gasteiger partial charge in [0.15, 0.2) is 6.10 Å². The lowest BCUT2D eigenvalue weighted by Gasteiger charge is -2.32. The molecule has 0 aliphatic carbocycles. The van der Waals surface area contributed by atoms with Gasteiger partial charge in [0, 0.05) is 38.5 Å². The molecule has 1 N–H and O–H groups in total. The van der Waals surface area contributed by atoms with Crippen molar-refractivity contribution in [2.75, 3.05) is 30.5 Å². The molecule has 0 unspecified atom stereocenters. The number of benzene rings is 2. The van der Waals surface area contributed by atoms with E-state index < -0.39 is 6.10 Å². The zero-order valence-electron chi connectivity index (χ0n) is 17.1. The zero-order valence-corrected chi connectivity index (χ0v) is 17.1. The van der Waals surface area contributed by atoms with E-state index in [2.05, 4.69) is 9.88 Å². The number of carbonyl (C=O) groups is 2. The maximum absolute atomic E-state index is 12.6. The number of hydrogen-bond donors (Lipinski definition) is 1. The van der Waals surface area contributed by atoms with E-state index in [9.17, 15) is 9.59 Å². The lowest BCUT2D eigenvalue weighted by Crippen LogP contribution is -2.45. The van der Waals surface area contributed by atoms with Gasteiger partial charge in [0.1, 0.15) is 5.75 Å². The number of hydrogen-bond acceptors (Lipinski definition) is 4. The predicted molar refractivity (Wildman–Crippen MR) is 116 cm³/mol. The van der Waals surface area contributed by atoms with Gasteiger partial charge in [0.05, 0.1) is 17.8 Å². The van der Waals surface area contributed by atoms with E-state index in [1.807, 2.05) is 54.7 Å². The first-order chi connectivity index (χ1) is 14.6. The van der Waals surface area contributed by atoms with Gasteiger partial charge in [-0.3, -0.25) is 9.59 Å². The highest BCUT2D eigenvalue weighted by atomic mass is 16.5. The van der Waals surface area contributed by atoms with E-state index in [-0.39, 0.29) is 18.2 Å². The van der Waals surface area contributed by atoms with E-state index in [1.54, 1.807) is 18.9 Å². The lowest BCUT2D eigenvalue weighted by molar-refractivity contribution is -0.125. The number of nitrogens with one attached hydrogen (secondary N) is 1. The number of anilines is 2. The van der Waals surface area contributed by atoms with Crippen LogP contribution in [0.2, 0.25) is 0 Å². The molecule has 0 fully saturated rings. The predicted octanol–water partition coefficient (Wildman–Crippen LogP) is 3.43. The molecule has 7 heteroatoms. The van der Waals surface area contributed by atoms with Crippen LogP contribution in [0.15, 0.2) is 54.7 Å². The molecule has 1 aliphatic heterocycles. The summed E-state index contributed by atoms with van der Waals surface area (Å²) in [6.07, 6.45) is 1.64. The molecule has 30 heavy (non-hydrogen) atoms. The normalized spacial score (nSPS) is 15.7. The van der Waals surface area contributed by atoms with Gasteiger partial charge in [0.2, 0.25) is 5.91 Å². The first kappa shape index (κ1) is 20.0. The first-order valence-corrected chi connectivity index (χ1v) is 10.0. The van der Waals surface area contributed by atoms with Crippen LogP contribution in [0.5, 0.6) is 5.75 Å². The van der Waals surface area contributed by atoms with Crippen molar-refractivity contribution < 1.29 is 19.1 Å². The number of methoxy groups -OCH3 is 1. The van der Waals surface area contributed by atoms with Crippen molar-refractivity contribution in [2.24, 2.45) is 0 Å². The average molecular weight is 407 g/mol. The molecule has 2 amide bonds. The summed E-state index contributed by atoms with van der Waals surface area (Å²) in [5.74, 6) is 0.375. The fourth-order valence-corrected chi connectivity index (χ4v) is 3.67. The molecule has 2 aromatic carbocycles. The quantitative estimate of drug-likeness (QED) is 0.651. The number of para-hydroxylation sites is 2. The Morgan fingerprint density at radius 2 is 2.00 bits per heavy atom. The minimum absolute atomic E-state index is 0.140. The number of ether oxygens (including phenoxy) is 2. The monoisotopic (exact) mass is 407 g/mol. The summed E-state index contributed by atoms with van der Waals surface area (Å²) in [5, 5.41) is 4.05. The van der Waals surface area contributed by atoms with Crippen molar-refractivity contribution in [1.29, 1.82) is 0 Å². The second-order valence-corrected chi connectivity index (χ2v) is 7.29. The third-order valence-electron chi connectivity index (χ3n) is 5.23. The molecule has 156 valence electrons. The second-order valence-electron chi connectivity index (χ2n) is 7.29. The number of amides is 2. The van der Waals surface area contributed by atoms with Crippen molar-refractivity contribution in [3.8, 4) is 5.75 Å². The maximum atomic E-state index is 12.6. The zero-order chi connectivity index (χ0) is 21.1. The summed E-state index contributed by atoms with van der Waals surface area (Å²) in [4.78, 5) is 26.8. The van der Waals surface area contributed by atoms with Crippen LogP contribution in [-0.4, -0.2) is 42.7 Å². The molecule has 1 atom stereocenters. The molecule has 0 saturated carbocycles. The molecule has 1 aliphatic rings. The summed E-state index contributed by atoms with van der Waals surface area (Å²) in [7, 11) is 1.68. The molecule has 7 nitrogen and oxygen atoms in total. The Bertz CT molecular complexity index is 1080. The number of rotatable bonds is 7. The molecular formula is C23H25N3O4. The fraction of sp³-hybridized carbons (Fsp3) is 0.304. The Balaban J connectivity index is 1.43. The van der Waals surface area contributed by atoms with Gasteiger partial charge in [-0.25, -0.2) is 0 Å². The largest absolute Gasteiger partial charge is 0.479 e. The van der Waals surface area contributed by atoms with E-state index in [0.717, 1.165) is 23.1 Å².